The SMILES string of the molecule is CNC(Cc1ccc(F)cc1)C1C2CCCC21. The number of fused-ring (bicyclic) bond motifs is 1. The Hall–Kier alpha value is -0.890. The van der Waals surface area contributed by atoms with Crippen LogP contribution in [0.4, 0.5) is 4.39 Å². The second-order valence-electron chi connectivity index (χ2n) is 5.56. The topological polar surface area (TPSA) is 12.0 Å². The van der Waals surface area contributed by atoms with Crippen molar-refractivity contribution in [3.05, 3.63) is 35.6 Å². The van der Waals surface area contributed by atoms with Gasteiger partial charge in [-0.2, -0.15) is 0 Å². The van der Waals surface area contributed by atoms with Crippen LogP contribution in [0.25, 0.3) is 0 Å². The molecule has 3 unspecified atom stereocenters. The number of nitrogens with one attached hydrogen (secondary N) is 1. The molecule has 0 aromatic heterocycles. The zero-order valence-corrected chi connectivity index (χ0v) is 10.3. The van der Waals surface area contributed by atoms with Crippen molar-refractivity contribution in [2.75, 3.05) is 7.05 Å². The molecule has 0 radical (unpaired) electrons. The van der Waals surface area contributed by atoms with Crippen LogP contribution in [0.5, 0.6) is 0 Å². The molecule has 0 saturated heterocycles. The molecule has 0 bridgehead atoms. The Morgan fingerprint density at radius 1 is 1.24 bits per heavy atom. The van der Waals surface area contributed by atoms with Gasteiger partial charge in [0.15, 0.2) is 0 Å². The van der Waals surface area contributed by atoms with Crippen molar-refractivity contribution in [1.29, 1.82) is 0 Å². The Morgan fingerprint density at radius 3 is 2.47 bits per heavy atom. The Kier molecular flexibility index (Phi) is 2.91. The predicted molar refractivity (Wildman–Crippen MR) is 67.3 cm³/mol. The monoisotopic (exact) mass is 233 g/mol. The lowest BCUT2D eigenvalue weighted by Crippen LogP contribution is -2.31. The first kappa shape index (κ1) is 11.2. The molecule has 92 valence electrons. The Balaban J connectivity index is 1.64. The molecule has 0 amide bonds. The van der Waals surface area contributed by atoms with Crippen molar-refractivity contribution in [2.24, 2.45) is 17.8 Å². The third-order valence-electron chi connectivity index (χ3n) is 4.68. The van der Waals surface area contributed by atoms with E-state index in [1.807, 2.05) is 12.1 Å². The standard InChI is InChI=1S/C15H20FN/c1-17-14(15-12-3-2-4-13(12)15)9-10-5-7-11(16)8-6-10/h5-8,12-15,17H,2-4,9H2,1H3. The molecule has 0 spiro atoms. The van der Waals surface area contributed by atoms with Crippen molar-refractivity contribution in [2.45, 2.75) is 31.7 Å². The molecule has 17 heavy (non-hydrogen) atoms. The largest absolute Gasteiger partial charge is 0.316 e. The number of likely N-dealkylation sites (N-methyl/N-ethyl adjacent to an activating group) is 1. The van der Waals surface area contributed by atoms with E-state index in [1.54, 1.807) is 12.1 Å². The van der Waals surface area contributed by atoms with Crippen LogP contribution in [0.2, 0.25) is 0 Å². The van der Waals surface area contributed by atoms with Gasteiger partial charge >= 0.3 is 0 Å². The number of rotatable bonds is 4. The summed E-state index contributed by atoms with van der Waals surface area (Å²) in [5, 5.41) is 3.46. The van der Waals surface area contributed by atoms with Gasteiger partial charge in [0.05, 0.1) is 0 Å². The summed E-state index contributed by atoms with van der Waals surface area (Å²) in [6.45, 7) is 0. The minimum Gasteiger partial charge on any atom is -0.316 e. The zero-order valence-electron chi connectivity index (χ0n) is 10.3. The second kappa shape index (κ2) is 4.41. The van der Waals surface area contributed by atoms with E-state index >= 15 is 0 Å². The van der Waals surface area contributed by atoms with Gasteiger partial charge in [-0.25, -0.2) is 4.39 Å². The van der Waals surface area contributed by atoms with Crippen molar-refractivity contribution >= 4 is 0 Å². The van der Waals surface area contributed by atoms with Gasteiger partial charge in [0.2, 0.25) is 0 Å². The fraction of sp³-hybridized carbons (Fsp3) is 0.600. The molecular formula is C15H20FN. The highest BCUT2D eigenvalue weighted by molar-refractivity contribution is 5.19. The Bertz CT molecular complexity index is 376. The third-order valence-corrected chi connectivity index (χ3v) is 4.68. The molecule has 2 fully saturated rings. The molecule has 1 N–H and O–H groups in total. The lowest BCUT2D eigenvalue weighted by atomic mass is 9.97. The highest BCUT2D eigenvalue weighted by Gasteiger charge is 2.55. The maximum Gasteiger partial charge on any atom is 0.123 e. The molecule has 3 atom stereocenters. The summed E-state index contributed by atoms with van der Waals surface area (Å²) in [7, 11) is 2.06. The normalized spacial score (nSPS) is 32.2. The van der Waals surface area contributed by atoms with Gasteiger partial charge in [-0.15, -0.1) is 0 Å². The van der Waals surface area contributed by atoms with Crippen LogP contribution in [-0.4, -0.2) is 13.1 Å². The molecule has 3 rings (SSSR count). The molecule has 1 aromatic rings. The predicted octanol–water partition coefficient (Wildman–Crippen LogP) is 3.00. The van der Waals surface area contributed by atoms with Gasteiger partial charge in [0, 0.05) is 6.04 Å². The van der Waals surface area contributed by atoms with E-state index in [0.29, 0.717) is 6.04 Å². The van der Waals surface area contributed by atoms with E-state index in [1.165, 1.54) is 24.8 Å². The number of hydrogen-bond acceptors (Lipinski definition) is 1. The highest BCUT2D eigenvalue weighted by atomic mass is 19.1. The molecule has 1 aromatic carbocycles. The lowest BCUT2D eigenvalue weighted by Gasteiger charge is -2.18. The van der Waals surface area contributed by atoms with Crippen LogP contribution in [0.3, 0.4) is 0 Å². The third kappa shape index (κ3) is 2.11. The first-order valence-corrected chi connectivity index (χ1v) is 6.71. The number of hydrogen-bond donors (Lipinski definition) is 1. The summed E-state index contributed by atoms with van der Waals surface area (Å²) in [4.78, 5) is 0. The first-order valence-electron chi connectivity index (χ1n) is 6.71. The van der Waals surface area contributed by atoms with Crippen LogP contribution >= 0.6 is 0 Å². The van der Waals surface area contributed by atoms with Gasteiger partial charge in [0.25, 0.3) is 0 Å². The maximum atomic E-state index is 12.8. The van der Waals surface area contributed by atoms with Crippen LogP contribution in [-0.2, 0) is 6.42 Å². The Labute approximate surface area is 102 Å². The number of halogens is 1. The maximum absolute atomic E-state index is 12.8. The zero-order chi connectivity index (χ0) is 11.8. The first-order chi connectivity index (χ1) is 8.29. The van der Waals surface area contributed by atoms with Crippen molar-refractivity contribution in [3.63, 3.8) is 0 Å². The molecule has 2 heteroatoms. The minimum atomic E-state index is -0.141. The molecule has 2 aliphatic rings. The quantitative estimate of drug-likeness (QED) is 0.843. The van der Waals surface area contributed by atoms with Crippen LogP contribution < -0.4 is 5.32 Å². The smallest absolute Gasteiger partial charge is 0.123 e. The van der Waals surface area contributed by atoms with Crippen molar-refractivity contribution < 1.29 is 4.39 Å². The van der Waals surface area contributed by atoms with Gasteiger partial charge in [0.1, 0.15) is 5.82 Å². The summed E-state index contributed by atoms with van der Waals surface area (Å²) in [6.07, 6.45) is 5.32. The van der Waals surface area contributed by atoms with E-state index in [2.05, 4.69) is 12.4 Å². The van der Waals surface area contributed by atoms with Crippen LogP contribution in [0.15, 0.2) is 24.3 Å². The average molecular weight is 233 g/mol. The van der Waals surface area contributed by atoms with E-state index in [0.717, 1.165) is 24.2 Å². The second-order valence-corrected chi connectivity index (χ2v) is 5.56. The van der Waals surface area contributed by atoms with Gasteiger partial charge in [-0.05, 0) is 61.8 Å². The minimum absolute atomic E-state index is 0.141. The van der Waals surface area contributed by atoms with Gasteiger partial charge in [-0.1, -0.05) is 18.6 Å². The summed E-state index contributed by atoms with van der Waals surface area (Å²) >= 11 is 0. The van der Waals surface area contributed by atoms with Gasteiger partial charge < -0.3 is 5.32 Å². The summed E-state index contributed by atoms with van der Waals surface area (Å²) in [5.41, 5.74) is 1.25. The van der Waals surface area contributed by atoms with E-state index in [-0.39, 0.29) is 5.82 Å². The van der Waals surface area contributed by atoms with E-state index in [9.17, 15) is 4.39 Å². The lowest BCUT2D eigenvalue weighted by molar-refractivity contribution is 0.428. The summed E-state index contributed by atoms with van der Waals surface area (Å²) in [6, 6.07) is 7.54. The Morgan fingerprint density at radius 2 is 1.88 bits per heavy atom. The summed E-state index contributed by atoms with van der Waals surface area (Å²) in [5.74, 6) is 2.69. The fourth-order valence-electron chi connectivity index (χ4n) is 3.78. The van der Waals surface area contributed by atoms with Crippen molar-refractivity contribution in [1.82, 2.24) is 5.32 Å². The molecule has 2 aliphatic carbocycles. The summed E-state index contributed by atoms with van der Waals surface area (Å²) < 4.78 is 12.8. The molecular weight excluding hydrogens is 213 g/mol. The van der Waals surface area contributed by atoms with Crippen LogP contribution in [0, 0.1) is 23.6 Å². The molecule has 0 heterocycles. The highest BCUT2D eigenvalue weighted by Crippen LogP contribution is 2.59. The molecule has 1 nitrogen and oxygen atoms in total. The number of benzene rings is 1. The average Bonchev–Trinajstić information content (AvgIpc) is 2.82. The van der Waals surface area contributed by atoms with Gasteiger partial charge in [-0.3, -0.25) is 0 Å². The van der Waals surface area contributed by atoms with E-state index in [4.69, 9.17) is 0 Å². The fourth-order valence-corrected chi connectivity index (χ4v) is 3.78. The van der Waals surface area contributed by atoms with E-state index < -0.39 is 0 Å². The molecule has 2 saturated carbocycles. The molecule has 0 aliphatic heterocycles. The van der Waals surface area contributed by atoms with Crippen LogP contribution in [0.1, 0.15) is 24.8 Å². The van der Waals surface area contributed by atoms with Crippen molar-refractivity contribution in [3.8, 4) is 0 Å².